The van der Waals surface area contributed by atoms with Crippen molar-refractivity contribution in [3.8, 4) is 0 Å². The molecule has 22 heavy (non-hydrogen) atoms. The van der Waals surface area contributed by atoms with Crippen molar-refractivity contribution in [2.75, 3.05) is 45.9 Å². The van der Waals surface area contributed by atoms with Crippen LogP contribution < -0.4 is 5.32 Å². The Bertz CT molecular complexity index is 367. The molecule has 0 radical (unpaired) electrons. The molecular formula is C15H29IN4O2. The average molecular weight is 424 g/mol. The molecule has 1 aliphatic carbocycles. The summed E-state index contributed by atoms with van der Waals surface area (Å²) in [6.45, 7) is 9.17. The maximum Gasteiger partial charge on any atom is 0.409 e. The van der Waals surface area contributed by atoms with Crippen LogP contribution in [0.5, 0.6) is 0 Å². The summed E-state index contributed by atoms with van der Waals surface area (Å²) in [4.78, 5) is 20.4. The SMILES string of the molecule is CCNC(=NCCC1CC1)N1CCN(C(=O)OCC)CC1.I. The van der Waals surface area contributed by atoms with Crippen molar-refractivity contribution in [1.29, 1.82) is 0 Å². The smallest absolute Gasteiger partial charge is 0.409 e. The number of amides is 1. The van der Waals surface area contributed by atoms with Crippen molar-refractivity contribution >= 4 is 36.0 Å². The van der Waals surface area contributed by atoms with E-state index in [2.05, 4.69) is 17.1 Å². The number of hydrogen-bond donors (Lipinski definition) is 1. The Kier molecular flexibility index (Phi) is 8.89. The summed E-state index contributed by atoms with van der Waals surface area (Å²) in [5, 5.41) is 3.36. The van der Waals surface area contributed by atoms with Gasteiger partial charge in [-0.3, -0.25) is 4.99 Å². The van der Waals surface area contributed by atoms with Crippen molar-refractivity contribution in [3.05, 3.63) is 0 Å². The number of rotatable bonds is 5. The van der Waals surface area contributed by atoms with Crippen LogP contribution >= 0.6 is 24.0 Å². The molecule has 0 unspecified atom stereocenters. The molecule has 1 heterocycles. The summed E-state index contributed by atoms with van der Waals surface area (Å²) in [6.07, 6.45) is 3.76. The lowest BCUT2D eigenvalue weighted by Gasteiger charge is -2.35. The van der Waals surface area contributed by atoms with Crippen LogP contribution in [0.1, 0.15) is 33.1 Å². The number of aliphatic imine (C=N–C) groups is 1. The highest BCUT2D eigenvalue weighted by Gasteiger charge is 2.24. The summed E-state index contributed by atoms with van der Waals surface area (Å²) in [5.74, 6) is 1.90. The third-order valence-corrected chi connectivity index (χ3v) is 3.94. The first kappa shape index (κ1) is 19.3. The fraction of sp³-hybridized carbons (Fsp3) is 0.867. The van der Waals surface area contributed by atoms with E-state index in [1.54, 1.807) is 4.90 Å². The first-order valence-electron chi connectivity index (χ1n) is 8.19. The summed E-state index contributed by atoms with van der Waals surface area (Å²) >= 11 is 0. The number of nitrogens with one attached hydrogen (secondary N) is 1. The number of carbonyl (C=O) groups is 1. The van der Waals surface area contributed by atoms with Crippen molar-refractivity contribution in [3.63, 3.8) is 0 Å². The fourth-order valence-electron chi connectivity index (χ4n) is 2.50. The number of carbonyl (C=O) groups excluding carboxylic acids is 1. The standard InChI is InChI=1S/C15H28N4O2.HI/c1-3-16-14(17-8-7-13-5-6-13)18-9-11-19(12-10-18)15(20)21-4-2;/h13H,3-12H2,1-2H3,(H,16,17);1H. The maximum absolute atomic E-state index is 11.7. The monoisotopic (exact) mass is 424 g/mol. The summed E-state index contributed by atoms with van der Waals surface area (Å²) < 4.78 is 5.05. The Balaban J connectivity index is 0.00000242. The van der Waals surface area contributed by atoms with E-state index in [-0.39, 0.29) is 30.1 Å². The maximum atomic E-state index is 11.7. The van der Waals surface area contributed by atoms with Crippen molar-refractivity contribution in [2.45, 2.75) is 33.1 Å². The number of ether oxygens (including phenoxy) is 1. The quantitative estimate of drug-likeness (QED) is 0.418. The first-order chi connectivity index (χ1) is 10.2. The molecule has 1 N–H and O–H groups in total. The molecule has 0 aromatic heterocycles. The first-order valence-corrected chi connectivity index (χ1v) is 8.19. The third-order valence-electron chi connectivity index (χ3n) is 3.94. The van der Waals surface area contributed by atoms with Crippen LogP contribution in [-0.2, 0) is 4.74 Å². The molecule has 0 atom stereocenters. The summed E-state index contributed by atoms with van der Waals surface area (Å²) in [5.41, 5.74) is 0. The number of nitrogens with zero attached hydrogens (tertiary/aromatic N) is 3. The van der Waals surface area contributed by atoms with Crippen LogP contribution in [0.2, 0.25) is 0 Å². The number of guanidine groups is 1. The highest BCUT2D eigenvalue weighted by molar-refractivity contribution is 14.0. The zero-order valence-corrected chi connectivity index (χ0v) is 16.0. The predicted molar refractivity (Wildman–Crippen MR) is 98.9 cm³/mol. The zero-order valence-electron chi connectivity index (χ0n) is 13.7. The van der Waals surface area contributed by atoms with Crippen molar-refractivity contribution in [2.24, 2.45) is 10.9 Å². The number of hydrogen-bond acceptors (Lipinski definition) is 3. The minimum Gasteiger partial charge on any atom is -0.450 e. The number of piperazine rings is 1. The average Bonchev–Trinajstić information content (AvgIpc) is 3.31. The molecule has 6 nitrogen and oxygen atoms in total. The zero-order chi connectivity index (χ0) is 15.1. The van der Waals surface area contributed by atoms with Crippen molar-refractivity contribution < 1.29 is 9.53 Å². The van der Waals surface area contributed by atoms with Gasteiger partial charge in [-0.25, -0.2) is 4.79 Å². The Labute approximate surface area is 150 Å². The molecule has 128 valence electrons. The van der Waals surface area contributed by atoms with Crippen LogP contribution in [-0.4, -0.2) is 67.7 Å². The molecule has 1 aliphatic heterocycles. The lowest BCUT2D eigenvalue weighted by molar-refractivity contribution is 0.0914. The van der Waals surface area contributed by atoms with Gasteiger partial charge in [-0.2, -0.15) is 0 Å². The van der Waals surface area contributed by atoms with Gasteiger partial charge in [-0.15, -0.1) is 24.0 Å². The van der Waals surface area contributed by atoms with E-state index in [4.69, 9.17) is 9.73 Å². The summed E-state index contributed by atoms with van der Waals surface area (Å²) in [6, 6.07) is 0. The lowest BCUT2D eigenvalue weighted by Crippen LogP contribution is -2.53. The molecule has 2 aliphatic rings. The van der Waals surface area contributed by atoms with E-state index < -0.39 is 0 Å². The van der Waals surface area contributed by atoms with Gasteiger partial charge in [-0.1, -0.05) is 12.8 Å². The second kappa shape index (κ2) is 10.1. The molecule has 1 amide bonds. The van der Waals surface area contributed by atoms with Gasteiger partial charge in [-0.05, 0) is 26.2 Å². The minimum absolute atomic E-state index is 0. The van der Waals surface area contributed by atoms with Crippen molar-refractivity contribution in [1.82, 2.24) is 15.1 Å². The Morgan fingerprint density at radius 1 is 1.18 bits per heavy atom. The van der Waals surface area contributed by atoms with Gasteiger partial charge in [0.15, 0.2) is 5.96 Å². The highest BCUT2D eigenvalue weighted by Crippen LogP contribution is 2.32. The molecule has 0 bridgehead atoms. The van der Waals surface area contributed by atoms with E-state index in [9.17, 15) is 4.79 Å². The van der Waals surface area contributed by atoms with Gasteiger partial charge in [0.1, 0.15) is 0 Å². The van der Waals surface area contributed by atoms with E-state index in [0.717, 1.165) is 38.1 Å². The van der Waals surface area contributed by atoms with Crippen LogP contribution in [0.25, 0.3) is 0 Å². The van der Waals surface area contributed by atoms with Gasteiger partial charge < -0.3 is 19.9 Å². The van der Waals surface area contributed by atoms with Crippen LogP contribution in [0.15, 0.2) is 4.99 Å². The highest BCUT2D eigenvalue weighted by atomic mass is 127. The van der Waals surface area contributed by atoms with Gasteiger partial charge in [0, 0.05) is 39.3 Å². The number of halogens is 1. The third kappa shape index (κ3) is 6.18. The molecule has 7 heteroatoms. The van der Waals surface area contributed by atoms with E-state index >= 15 is 0 Å². The van der Waals surface area contributed by atoms with Crippen LogP contribution in [0, 0.1) is 5.92 Å². The molecule has 0 aromatic carbocycles. The van der Waals surface area contributed by atoms with E-state index in [1.807, 2.05) is 6.92 Å². The Morgan fingerprint density at radius 3 is 2.36 bits per heavy atom. The largest absolute Gasteiger partial charge is 0.450 e. The van der Waals surface area contributed by atoms with Gasteiger partial charge in [0.25, 0.3) is 0 Å². The molecule has 1 saturated carbocycles. The van der Waals surface area contributed by atoms with Gasteiger partial charge >= 0.3 is 6.09 Å². The van der Waals surface area contributed by atoms with Crippen LogP contribution in [0.3, 0.4) is 0 Å². The topological polar surface area (TPSA) is 57.2 Å². The lowest BCUT2D eigenvalue weighted by atomic mass is 10.3. The normalized spacial score (nSPS) is 18.7. The van der Waals surface area contributed by atoms with Gasteiger partial charge in [0.2, 0.25) is 0 Å². The Morgan fingerprint density at radius 2 is 1.82 bits per heavy atom. The molecule has 2 rings (SSSR count). The second-order valence-electron chi connectivity index (χ2n) is 5.64. The minimum atomic E-state index is -0.201. The second-order valence-corrected chi connectivity index (χ2v) is 5.64. The summed E-state index contributed by atoms with van der Waals surface area (Å²) in [7, 11) is 0. The van der Waals surface area contributed by atoms with Crippen LogP contribution in [0.4, 0.5) is 4.79 Å². The molecule has 1 saturated heterocycles. The van der Waals surface area contributed by atoms with Gasteiger partial charge in [0.05, 0.1) is 6.61 Å². The molecule has 0 aromatic rings. The fourth-order valence-corrected chi connectivity index (χ4v) is 2.50. The predicted octanol–water partition coefficient (Wildman–Crippen LogP) is 2.14. The Hall–Kier alpha value is -0.730. The molecule has 0 spiro atoms. The van der Waals surface area contributed by atoms with E-state index in [0.29, 0.717) is 19.7 Å². The molecule has 2 fully saturated rings. The molecular weight excluding hydrogens is 395 g/mol. The van der Waals surface area contributed by atoms with E-state index in [1.165, 1.54) is 19.3 Å².